The molecule has 0 atom stereocenters. The topological polar surface area (TPSA) is 0 Å². The highest BCUT2D eigenvalue weighted by Gasteiger charge is 1.94. The van der Waals surface area contributed by atoms with Crippen molar-refractivity contribution in [1.29, 1.82) is 0 Å². The summed E-state index contributed by atoms with van der Waals surface area (Å²) < 4.78 is 11.7. The van der Waals surface area contributed by atoms with Gasteiger partial charge in [0.05, 0.1) is 0 Å². The van der Waals surface area contributed by atoms with Crippen molar-refractivity contribution in [2.45, 2.75) is 116 Å². The molecule has 0 bridgehead atoms. The fraction of sp³-hybridized carbons (Fsp3) is 0.947. The summed E-state index contributed by atoms with van der Waals surface area (Å²) in [6.07, 6.45) is 22.7. The van der Waals surface area contributed by atoms with Gasteiger partial charge in [0.2, 0.25) is 0 Å². The van der Waals surface area contributed by atoms with Gasteiger partial charge in [0.15, 0.2) is 0 Å². The van der Waals surface area contributed by atoms with Crippen LogP contribution < -0.4 is 0 Å². The zero-order chi connectivity index (χ0) is 14.7. The monoisotopic (exact) mass is 285 g/mol. The summed E-state index contributed by atoms with van der Waals surface area (Å²) in [7, 11) is 0. The summed E-state index contributed by atoms with van der Waals surface area (Å²) >= 11 is 0. The number of rotatable bonds is 17. The Bertz CT molecular complexity index is 138. The van der Waals surface area contributed by atoms with E-state index in [0.717, 1.165) is 13.1 Å². The van der Waals surface area contributed by atoms with Gasteiger partial charge in [-0.2, -0.15) is 0 Å². The third-order valence-electron chi connectivity index (χ3n) is 4.17. The van der Waals surface area contributed by atoms with E-state index in [-0.39, 0.29) is 0 Å². The van der Waals surface area contributed by atoms with Gasteiger partial charge in [-0.15, -0.1) is 0 Å². The van der Waals surface area contributed by atoms with E-state index in [0.29, 0.717) is 6.42 Å². The first-order chi connectivity index (χ1) is 9.91. The fourth-order valence-corrected chi connectivity index (χ4v) is 2.77. The van der Waals surface area contributed by atoms with Crippen LogP contribution in [0.1, 0.15) is 116 Å². The molecule has 0 saturated heterocycles. The molecule has 20 heavy (non-hydrogen) atoms. The predicted molar refractivity (Wildman–Crippen MR) is 89.6 cm³/mol. The molecule has 0 aliphatic carbocycles. The highest BCUT2D eigenvalue weighted by atomic mass is 19.1. The van der Waals surface area contributed by atoms with E-state index in [1.807, 2.05) is 0 Å². The van der Waals surface area contributed by atoms with Crippen molar-refractivity contribution in [3.63, 3.8) is 0 Å². The van der Waals surface area contributed by atoms with E-state index < -0.39 is 0 Å². The van der Waals surface area contributed by atoms with E-state index in [1.54, 1.807) is 0 Å². The maximum atomic E-state index is 11.7. The minimum absolute atomic E-state index is 0.651. The summed E-state index contributed by atoms with van der Waals surface area (Å²) in [4.78, 5) is 0. The standard InChI is InChI=1S/C19H38F/c1-2-3-4-5-6-7-8-9-10-11-12-13-14-15-16-17-18-19-20/h19H,2-18H2,1H3. The quantitative estimate of drug-likeness (QED) is 0.239. The van der Waals surface area contributed by atoms with Crippen LogP contribution in [0.3, 0.4) is 0 Å². The minimum atomic E-state index is 0.651. The van der Waals surface area contributed by atoms with E-state index in [4.69, 9.17) is 0 Å². The minimum Gasteiger partial charge on any atom is -0.244 e. The second-order valence-electron chi connectivity index (χ2n) is 6.25. The molecule has 1 heteroatoms. The Hall–Kier alpha value is -0.0700. The van der Waals surface area contributed by atoms with E-state index in [2.05, 4.69) is 6.92 Å². The predicted octanol–water partition coefficient (Wildman–Crippen LogP) is 7.77. The summed E-state index contributed by atoms with van der Waals surface area (Å²) in [5.41, 5.74) is 0. The van der Waals surface area contributed by atoms with Crippen molar-refractivity contribution in [1.82, 2.24) is 0 Å². The molecule has 0 unspecified atom stereocenters. The Balaban J connectivity index is 2.89. The van der Waals surface area contributed by atoms with Crippen LogP contribution in [0.25, 0.3) is 0 Å². The van der Waals surface area contributed by atoms with Gasteiger partial charge in [0.25, 0.3) is 0 Å². The smallest absolute Gasteiger partial charge is 0.131 e. The summed E-state index contributed by atoms with van der Waals surface area (Å²) in [5, 5.41) is 0. The van der Waals surface area contributed by atoms with Crippen molar-refractivity contribution < 1.29 is 4.39 Å². The summed E-state index contributed by atoms with van der Waals surface area (Å²) in [6.45, 7) is 3.08. The lowest BCUT2D eigenvalue weighted by atomic mass is 10.0. The van der Waals surface area contributed by atoms with Crippen LogP contribution in [0.4, 0.5) is 4.39 Å². The molecule has 0 amide bonds. The first-order valence-electron chi connectivity index (χ1n) is 9.33. The molecule has 0 spiro atoms. The molecule has 0 aromatic heterocycles. The van der Waals surface area contributed by atoms with Gasteiger partial charge in [-0.05, 0) is 6.42 Å². The Morgan fingerprint density at radius 1 is 0.500 bits per heavy atom. The van der Waals surface area contributed by atoms with Crippen molar-refractivity contribution >= 4 is 0 Å². The SMILES string of the molecule is CCCCCCCCCCCCCCCCCC[CH]F. The van der Waals surface area contributed by atoms with Crippen LogP contribution in [0, 0.1) is 6.67 Å². The van der Waals surface area contributed by atoms with Gasteiger partial charge in [-0.25, -0.2) is 4.39 Å². The van der Waals surface area contributed by atoms with Crippen LogP contribution in [0.2, 0.25) is 0 Å². The molecule has 0 nitrogen and oxygen atoms in total. The second kappa shape index (κ2) is 18.9. The van der Waals surface area contributed by atoms with Crippen LogP contribution in [0.15, 0.2) is 0 Å². The molecule has 0 heterocycles. The second-order valence-corrected chi connectivity index (χ2v) is 6.25. The molecule has 0 aromatic rings. The molecular formula is C19H38F. The zero-order valence-corrected chi connectivity index (χ0v) is 14.0. The van der Waals surface area contributed by atoms with Gasteiger partial charge < -0.3 is 0 Å². The van der Waals surface area contributed by atoms with Gasteiger partial charge in [0.1, 0.15) is 6.67 Å². The lowest BCUT2D eigenvalue weighted by molar-refractivity contribution is 0.515. The van der Waals surface area contributed by atoms with Gasteiger partial charge in [-0.1, -0.05) is 110 Å². The molecule has 0 aliphatic heterocycles. The average molecular weight is 286 g/mol. The average Bonchev–Trinajstić information content (AvgIpc) is 2.47. The van der Waals surface area contributed by atoms with Crippen LogP contribution in [-0.2, 0) is 0 Å². The van der Waals surface area contributed by atoms with E-state index >= 15 is 0 Å². The van der Waals surface area contributed by atoms with Gasteiger partial charge >= 0.3 is 0 Å². The molecule has 0 fully saturated rings. The zero-order valence-electron chi connectivity index (χ0n) is 14.0. The van der Waals surface area contributed by atoms with Crippen LogP contribution in [-0.4, -0.2) is 0 Å². The Kier molecular flexibility index (Phi) is 18.9. The molecule has 1 radical (unpaired) electrons. The maximum Gasteiger partial charge on any atom is 0.131 e. The maximum absolute atomic E-state index is 11.7. The first-order valence-corrected chi connectivity index (χ1v) is 9.33. The van der Waals surface area contributed by atoms with Crippen molar-refractivity contribution in [2.75, 3.05) is 0 Å². The largest absolute Gasteiger partial charge is 0.244 e. The van der Waals surface area contributed by atoms with Crippen molar-refractivity contribution in [2.24, 2.45) is 0 Å². The lowest BCUT2D eigenvalue weighted by Gasteiger charge is -2.03. The highest BCUT2D eigenvalue weighted by molar-refractivity contribution is 4.51. The van der Waals surface area contributed by atoms with Crippen molar-refractivity contribution in [3.05, 3.63) is 6.67 Å². The molecule has 121 valence electrons. The normalized spacial score (nSPS) is 11.1. The van der Waals surface area contributed by atoms with E-state index in [9.17, 15) is 4.39 Å². The lowest BCUT2D eigenvalue weighted by Crippen LogP contribution is -1.83. The Morgan fingerprint density at radius 3 is 1.10 bits per heavy atom. The highest BCUT2D eigenvalue weighted by Crippen LogP contribution is 2.14. The number of halogens is 1. The van der Waals surface area contributed by atoms with Crippen molar-refractivity contribution in [3.8, 4) is 0 Å². The molecule has 0 rings (SSSR count). The third kappa shape index (κ3) is 17.9. The van der Waals surface area contributed by atoms with Crippen LogP contribution >= 0.6 is 0 Å². The fourth-order valence-electron chi connectivity index (χ4n) is 2.77. The first kappa shape index (κ1) is 19.9. The number of hydrogen-bond acceptors (Lipinski definition) is 0. The number of hydrogen-bond donors (Lipinski definition) is 0. The molecule has 0 saturated carbocycles. The Labute approximate surface area is 127 Å². The molecule has 0 aromatic carbocycles. The van der Waals surface area contributed by atoms with Gasteiger partial charge in [0, 0.05) is 0 Å². The molecule has 0 aliphatic rings. The molecular weight excluding hydrogens is 247 g/mol. The summed E-state index contributed by atoms with van der Waals surface area (Å²) in [6, 6.07) is 0. The van der Waals surface area contributed by atoms with E-state index in [1.165, 1.54) is 96.3 Å². The Morgan fingerprint density at radius 2 is 0.800 bits per heavy atom. The number of unbranched alkanes of at least 4 members (excludes halogenated alkanes) is 16. The molecule has 0 N–H and O–H groups in total. The summed E-state index contributed by atoms with van der Waals surface area (Å²) in [5.74, 6) is 0. The third-order valence-corrected chi connectivity index (χ3v) is 4.17. The van der Waals surface area contributed by atoms with Crippen LogP contribution in [0.5, 0.6) is 0 Å². The van der Waals surface area contributed by atoms with Gasteiger partial charge in [-0.3, -0.25) is 0 Å².